The average Bonchev–Trinajstić information content (AvgIpc) is 3.17. The minimum absolute atomic E-state index is 0.000280. The topological polar surface area (TPSA) is 118 Å². The van der Waals surface area contributed by atoms with Crippen molar-refractivity contribution >= 4 is 43.8 Å². The molecule has 38 heavy (non-hydrogen) atoms. The number of rotatable bonds is 5. The van der Waals surface area contributed by atoms with Crippen LogP contribution in [0.15, 0.2) is 82.8 Å². The molecule has 2 heterocycles. The number of hydrogen-bond donors (Lipinski definition) is 2. The van der Waals surface area contributed by atoms with Crippen molar-refractivity contribution in [3.05, 3.63) is 95.3 Å². The highest BCUT2D eigenvalue weighted by molar-refractivity contribution is 7.93. The number of anilines is 2. The highest BCUT2D eigenvalue weighted by Crippen LogP contribution is 2.37. The second kappa shape index (κ2) is 9.12. The molecule has 0 saturated carbocycles. The molecule has 9 nitrogen and oxygen atoms in total. The lowest BCUT2D eigenvalue weighted by molar-refractivity contribution is -0.112. The van der Waals surface area contributed by atoms with Crippen LogP contribution in [0.4, 0.5) is 15.8 Å². The van der Waals surface area contributed by atoms with Crippen molar-refractivity contribution in [2.24, 2.45) is 5.16 Å². The van der Waals surface area contributed by atoms with Gasteiger partial charge in [0.05, 0.1) is 23.7 Å². The van der Waals surface area contributed by atoms with E-state index in [9.17, 15) is 22.8 Å². The first-order valence-electron chi connectivity index (χ1n) is 11.6. The number of nitrogens with one attached hydrogen (secondary N) is 1. The molecule has 0 radical (unpaired) electrons. The molecule has 0 spiro atoms. The van der Waals surface area contributed by atoms with Gasteiger partial charge in [0.1, 0.15) is 11.6 Å². The normalized spacial score (nSPS) is 15.9. The monoisotopic (exact) mass is 533 g/mol. The molecule has 1 amide bonds. The van der Waals surface area contributed by atoms with Crippen LogP contribution in [0.5, 0.6) is 5.75 Å². The van der Waals surface area contributed by atoms with Crippen LogP contribution in [-0.4, -0.2) is 32.0 Å². The van der Waals surface area contributed by atoms with Gasteiger partial charge in [0, 0.05) is 27.8 Å². The van der Waals surface area contributed by atoms with Crippen LogP contribution in [0.2, 0.25) is 0 Å². The van der Waals surface area contributed by atoms with Crippen LogP contribution in [-0.2, 0) is 32.7 Å². The van der Waals surface area contributed by atoms with Crippen molar-refractivity contribution in [1.82, 2.24) is 0 Å². The number of oxime groups is 1. The summed E-state index contributed by atoms with van der Waals surface area (Å²) in [6, 6.07) is 19.2. The molecular weight excluding hydrogens is 513 g/mol. The standard InChI is InChI=1S/C27H20FN3O6S/c28-19-10-17(26-18(11-19)14-36-15-37-26)13-31-23-9-8-20(12-22(23)25(29-33)27(31)32)30-38(34,35)24-7-3-5-16-4-1-2-6-21(16)24/h1-12,30,33H,13-15H2/b29-25-. The molecule has 0 unspecified atom stereocenters. The Labute approximate surface area is 216 Å². The van der Waals surface area contributed by atoms with Gasteiger partial charge in [-0.15, -0.1) is 0 Å². The van der Waals surface area contributed by atoms with Gasteiger partial charge in [0.2, 0.25) is 0 Å². The molecule has 192 valence electrons. The Kier molecular flexibility index (Phi) is 5.73. The maximum absolute atomic E-state index is 14.3. The summed E-state index contributed by atoms with van der Waals surface area (Å²) in [6.45, 7) is 0.111. The van der Waals surface area contributed by atoms with E-state index >= 15 is 0 Å². The second-order valence-corrected chi connectivity index (χ2v) is 10.5. The zero-order chi connectivity index (χ0) is 26.4. The Morgan fingerprint density at radius 2 is 1.87 bits per heavy atom. The molecule has 4 aromatic rings. The first-order chi connectivity index (χ1) is 18.4. The largest absolute Gasteiger partial charge is 0.467 e. The van der Waals surface area contributed by atoms with Gasteiger partial charge in [-0.3, -0.25) is 9.52 Å². The maximum atomic E-state index is 14.3. The van der Waals surface area contributed by atoms with E-state index in [0.717, 1.165) is 5.39 Å². The van der Waals surface area contributed by atoms with Gasteiger partial charge in [-0.05, 0) is 41.8 Å². The summed E-state index contributed by atoms with van der Waals surface area (Å²) in [7, 11) is -3.99. The summed E-state index contributed by atoms with van der Waals surface area (Å²) in [6.07, 6.45) is 0. The molecule has 11 heteroatoms. The Balaban J connectivity index is 1.35. The Morgan fingerprint density at radius 1 is 1.05 bits per heavy atom. The van der Waals surface area contributed by atoms with Crippen molar-refractivity contribution in [2.45, 2.75) is 18.0 Å². The quantitative estimate of drug-likeness (QED) is 0.291. The molecule has 6 rings (SSSR count). The van der Waals surface area contributed by atoms with Crippen molar-refractivity contribution < 1.29 is 32.3 Å². The van der Waals surface area contributed by atoms with E-state index in [2.05, 4.69) is 9.88 Å². The van der Waals surface area contributed by atoms with Gasteiger partial charge in [-0.1, -0.05) is 41.6 Å². The van der Waals surface area contributed by atoms with E-state index < -0.39 is 21.7 Å². The summed E-state index contributed by atoms with van der Waals surface area (Å²) >= 11 is 0. The van der Waals surface area contributed by atoms with Gasteiger partial charge in [0.25, 0.3) is 15.9 Å². The third-order valence-corrected chi connectivity index (χ3v) is 7.90. The summed E-state index contributed by atoms with van der Waals surface area (Å²) in [5, 5.41) is 14.1. The SMILES string of the molecule is O=C1/C(=N\O)c2cc(NS(=O)(=O)c3cccc4ccccc34)ccc2N1Cc1cc(F)cc2c1OCOC2. The van der Waals surface area contributed by atoms with Gasteiger partial charge in [0.15, 0.2) is 12.5 Å². The molecular formula is C27H20FN3O6S. The third-order valence-electron chi connectivity index (χ3n) is 6.46. The summed E-state index contributed by atoms with van der Waals surface area (Å²) in [5.41, 5.74) is 1.46. The number of fused-ring (bicyclic) bond motifs is 3. The van der Waals surface area contributed by atoms with E-state index in [1.165, 1.54) is 35.2 Å². The van der Waals surface area contributed by atoms with Crippen LogP contribution >= 0.6 is 0 Å². The smallest absolute Gasteiger partial charge is 0.281 e. The number of carbonyl (C=O) groups excluding carboxylic acids is 1. The summed E-state index contributed by atoms with van der Waals surface area (Å²) in [5.74, 6) is -0.698. The highest BCUT2D eigenvalue weighted by Gasteiger charge is 2.36. The van der Waals surface area contributed by atoms with Crippen molar-refractivity contribution in [3.63, 3.8) is 0 Å². The number of sulfonamides is 1. The number of halogens is 1. The first-order valence-corrected chi connectivity index (χ1v) is 13.0. The van der Waals surface area contributed by atoms with Crippen LogP contribution in [0.3, 0.4) is 0 Å². The maximum Gasteiger partial charge on any atom is 0.281 e. The summed E-state index contributed by atoms with van der Waals surface area (Å²) < 4.78 is 54.2. The van der Waals surface area contributed by atoms with E-state index in [4.69, 9.17) is 9.47 Å². The number of carbonyl (C=O) groups is 1. The highest BCUT2D eigenvalue weighted by atomic mass is 32.2. The molecule has 2 aliphatic rings. The zero-order valence-corrected chi connectivity index (χ0v) is 20.5. The molecule has 2 N–H and O–H groups in total. The lowest BCUT2D eigenvalue weighted by Gasteiger charge is -2.24. The lowest BCUT2D eigenvalue weighted by Crippen LogP contribution is -2.30. The fourth-order valence-corrected chi connectivity index (χ4v) is 6.10. The minimum atomic E-state index is -3.99. The predicted molar refractivity (Wildman–Crippen MR) is 137 cm³/mol. The van der Waals surface area contributed by atoms with E-state index in [0.29, 0.717) is 28.0 Å². The Bertz CT molecular complexity index is 1750. The van der Waals surface area contributed by atoms with Crippen LogP contribution in [0, 0.1) is 5.82 Å². The molecule has 4 aromatic carbocycles. The van der Waals surface area contributed by atoms with Gasteiger partial charge >= 0.3 is 0 Å². The minimum Gasteiger partial charge on any atom is -0.467 e. The van der Waals surface area contributed by atoms with Crippen molar-refractivity contribution in [3.8, 4) is 5.75 Å². The number of hydrogen-bond acceptors (Lipinski definition) is 7. The fraction of sp³-hybridized carbons (Fsp3) is 0.111. The van der Waals surface area contributed by atoms with Gasteiger partial charge in [-0.2, -0.15) is 0 Å². The molecule has 0 aliphatic carbocycles. The third kappa shape index (κ3) is 4.01. The lowest BCUT2D eigenvalue weighted by atomic mass is 10.1. The molecule has 0 bridgehead atoms. The zero-order valence-electron chi connectivity index (χ0n) is 19.7. The molecule has 0 aromatic heterocycles. The van der Waals surface area contributed by atoms with E-state index in [-0.39, 0.29) is 41.8 Å². The number of amides is 1. The number of benzene rings is 4. The van der Waals surface area contributed by atoms with E-state index in [1.807, 2.05) is 18.2 Å². The van der Waals surface area contributed by atoms with Crippen molar-refractivity contribution in [2.75, 3.05) is 16.4 Å². The average molecular weight is 534 g/mol. The molecule has 0 fully saturated rings. The Morgan fingerprint density at radius 3 is 2.71 bits per heavy atom. The molecule has 2 aliphatic heterocycles. The van der Waals surface area contributed by atoms with Crippen molar-refractivity contribution in [1.29, 1.82) is 0 Å². The van der Waals surface area contributed by atoms with Crippen LogP contribution in [0.1, 0.15) is 16.7 Å². The molecule has 0 saturated heterocycles. The van der Waals surface area contributed by atoms with Crippen LogP contribution in [0.25, 0.3) is 10.8 Å². The van der Waals surface area contributed by atoms with Crippen LogP contribution < -0.4 is 14.4 Å². The fourth-order valence-electron chi connectivity index (χ4n) is 4.82. The Hall–Kier alpha value is -4.48. The van der Waals surface area contributed by atoms with Gasteiger partial charge < -0.3 is 19.6 Å². The number of ether oxygens (including phenoxy) is 2. The summed E-state index contributed by atoms with van der Waals surface area (Å²) in [4.78, 5) is 14.6. The van der Waals surface area contributed by atoms with E-state index in [1.54, 1.807) is 24.3 Å². The predicted octanol–water partition coefficient (Wildman–Crippen LogP) is 4.37. The molecule has 0 atom stereocenters. The number of nitrogens with zero attached hydrogens (tertiary/aromatic N) is 2. The second-order valence-electron chi connectivity index (χ2n) is 8.82. The van der Waals surface area contributed by atoms with Gasteiger partial charge in [-0.25, -0.2) is 12.8 Å². The first kappa shape index (κ1) is 23.9.